The molecule has 0 aliphatic heterocycles. The second-order valence-electron chi connectivity index (χ2n) is 5.86. The second-order valence-corrected chi connectivity index (χ2v) is 5.86. The van der Waals surface area contributed by atoms with Crippen molar-refractivity contribution in [1.82, 2.24) is 4.90 Å². The van der Waals surface area contributed by atoms with Gasteiger partial charge in [0.25, 0.3) is 0 Å². The van der Waals surface area contributed by atoms with Crippen molar-refractivity contribution in [3.63, 3.8) is 0 Å². The van der Waals surface area contributed by atoms with Crippen LogP contribution >= 0.6 is 0 Å². The molecular weight excluding hydrogens is 254 g/mol. The van der Waals surface area contributed by atoms with E-state index in [4.69, 9.17) is 5.11 Å². The fourth-order valence-electron chi connectivity index (χ4n) is 2.44. The number of benzene rings is 1. The van der Waals surface area contributed by atoms with Crippen molar-refractivity contribution in [1.29, 1.82) is 0 Å². The average molecular weight is 277 g/mol. The van der Waals surface area contributed by atoms with Crippen molar-refractivity contribution in [3.8, 4) is 0 Å². The third-order valence-corrected chi connectivity index (χ3v) is 3.67. The summed E-state index contributed by atoms with van der Waals surface area (Å²) in [6, 6.07) is 7.78. The number of aryl methyl sites for hydroxylation is 1. The first-order chi connectivity index (χ1) is 9.17. The van der Waals surface area contributed by atoms with Gasteiger partial charge in [0, 0.05) is 13.6 Å². The van der Waals surface area contributed by atoms with Gasteiger partial charge in [-0.25, -0.2) is 0 Å². The second kappa shape index (κ2) is 6.07. The van der Waals surface area contributed by atoms with Crippen LogP contribution in [0.5, 0.6) is 0 Å². The number of rotatable bonds is 5. The van der Waals surface area contributed by atoms with E-state index in [0.29, 0.717) is 0 Å². The molecule has 0 spiro atoms. The largest absolute Gasteiger partial charge is 0.481 e. The molecule has 1 atom stereocenters. The standard InChI is InChI=1S/C16H23NO3/c1-11-8-6-7-9-13(11)16(3,4)15(20)17(5)10-12(2)14(18)19/h6-9,12H,10H2,1-5H3,(H,18,19). The predicted molar refractivity (Wildman–Crippen MR) is 78.6 cm³/mol. The average Bonchev–Trinajstić information content (AvgIpc) is 2.37. The van der Waals surface area contributed by atoms with Gasteiger partial charge in [0.1, 0.15) is 0 Å². The van der Waals surface area contributed by atoms with E-state index >= 15 is 0 Å². The van der Waals surface area contributed by atoms with Crippen LogP contribution in [0.25, 0.3) is 0 Å². The molecule has 0 aliphatic carbocycles. The minimum absolute atomic E-state index is 0.0695. The summed E-state index contributed by atoms with van der Waals surface area (Å²) in [4.78, 5) is 25.0. The van der Waals surface area contributed by atoms with Crippen molar-refractivity contribution >= 4 is 11.9 Å². The molecule has 4 heteroatoms. The highest BCUT2D eigenvalue weighted by Gasteiger charge is 2.34. The lowest BCUT2D eigenvalue weighted by Gasteiger charge is -2.31. The number of aliphatic carboxylic acids is 1. The molecule has 1 aromatic carbocycles. The number of amides is 1. The maximum atomic E-state index is 12.6. The molecule has 1 unspecified atom stereocenters. The van der Waals surface area contributed by atoms with Crippen molar-refractivity contribution in [3.05, 3.63) is 35.4 Å². The Morgan fingerprint density at radius 2 is 1.85 bits per heavy atom. The Hall–Kier alpha value is -1.84. The fraction of sp³-hybridized carbons (Fsp3) is 0.500. The Kier molecular flexibility index (Phi) is 4.93. The van der Waals surface area contributed by atoms with Crippen LogP contribution in [-0.2, 0) is 15.0 Å². The molecule has 0 fully saturated rings. The number of hydrogen-bond donors (Lipinski definition) is 1. The van der Waals surface area contributed by atoms with Gasteiger partial charge in [-0.3, -0.25) is 9.59 Å². The van der Waals surface area contributed by atoms with Crippen molar-refractivity contribution in [2.24, 2.45) is 5.92 Å². The summed E-state index contributed by atoms with van der Waals surface area (Å²) >= 11 is 0. The quantitative estimate of drug-likeness (QED) is 0.899. The maximum absolute atomic E-state index is 12.6. The Bertz CT molecular complexity index is 508. The zero-order valence-corrected chi connectivity index (χ0v) is 12.8. The Labute approximate surface area is 120 Å². The molecule has 110 valence electrons. The van der Waals surface area contributed by atoms with Crippen LogP contribution in [0.15, 0.2) is 24.3 Å². The molecule has 0 heterocycles. The molecule has 0 saturated carbocycles. The number of likely N-dealkylation sites (N-methyl/N-ethyl adjacent to an activating group) is 1. The Morgan fingerprint density at radius 3 is 2.35 bits per heavy atom. The molecule has 0 bridgehead atoms. The SMILES string of the molecule is Cc1ccccc1C(C)(C)C(=O)N(C)CC(C)C(=O)O. The normalized spacial score (nSPS) is 12.8. The molecule has 1 N–H and O–H groups in total. The summed E-state index contributed by atoms with van der Waals surface area (Å²) in [5, 5.41) is 8.94. The topological polar surface area (TPSA) is 57.6 Å². The lowest BCUT2D eigenvalue weighted by molar-refractivity contribution is -0.143. The summed E-state index contributed by atoms with van der Waals surface area (Å²) < 4.78 is 0. The molecule has 0 aliphatic rings. The van der Waals surface area contributed by atoms with Gasteiger partial charge in [-0.1, -0.05) is 31.2 Å². The number of carbonyl (C=O) groups excluding carboxylic acids is 1. The van der Waals surface area contributed by atoms with Gasteiger partial charge in [-0.15, -0.1) is 0 Å². The van der Waals surface area contributed by atoms with Crippen LogP contribution in [0.2, 0.25) is 0 Å². The van der Waals surface area contributed by atoms with Crippen LogP contribution in [0, 0.1) is 12.8 Å². The number of carboxylic acid groups (broad SMARTS) is 1. The summed E-state index contributed by atoms with van der Waals surface area (Å²) in [5.74, 6) is -1.53. The molecule has 0 aromatic heterocycles. The van der Waals surface area contributed by atoms with E-state index in [-0.39, 0.29) is 12.5 Å². The minimum atomic E-state index is -0.890. The van der Waals surface area contributed by atoms with Crippen molar-refractivity contribution in [2.45, 2.75) is 33.1 Å². The first-order valence-corrected chi connectivity index (χ1v) is 6.72. The van der Waals surface area contributed by atoms with Gasteiger partial charge in [0.2, 0.25) is 5.91 Å². The van der Waals surface area contributed by atoms with E-state index in [2.05, 4.69) is 0 Å². The van der Waals surface area contributed by atoms with Gasteiger partial charge in [-0.05, 0) is 31.9 Å². The molecular formula is C16H23NO3. The molecule has 1 aromatic rings. The van der Waals surface area contributed by atoms with E-state index in [9.17, 15) is 9.59 Å². The monoisotopic (exact) mass is 277 g/mol. The zero-order valence-electron chi connectivity index (χ0n) is 12.8. The van der Waals surface area contributed by atoms with Crippen molar-refractivity contribution in [2.75, 3.05) is 13.6 Å². The van der Waals surface area contributed by atoms with E-state index in [1.54, 1.807) is 14.0 Å². The lowest BCUT2D eigenvalue weighted by Crippen LogP contribution is -2.44. The Balaban J connectivity index is 2.95. The number of carbonyl (C=O) groups is 2. The van der Waals surface area contributed by atoms with E-state index in [1.807, 2.05) is 45.0 Å². The highest BCUT2D eigenvalue weighted by atomic mass is 16.4. The van der Waals surface area contributed by atoms with E-state index < -0.39 is 17.3 Å². The first-order valence-electron chi connectivity index (χ1n) is 6.72. The molecule has 0 radical (unpaired) electrons. The lowest BCUT2D eigenvalue weighted by atomic mass is 9.80. The van der Waals surface area contributed by atoms with Crippen LogP contribution in [0.4, 0.5) is 0 Å². The van der Waals surface area contributed by atoms with Crippen LogP contribution in [0.1, 0.15) is 31.9 Å². The van der Waals surface area contributed by atoms with Gasteiger partial charge in [-0.2, -0.15) is 0 Å². The number of nitrogens with zero attached hydrogens (tertiary/aromatic N) is 1. The molecule has 4 nitrogen and oxygen atoms in total. The molecule has 0 saturated heterocycles. The first kappa shape index (κ1) is 16.2. The third-order valence-electron chi connectivity index (χ3n) is 3.67. The van der Waals surface area contributed by atoms with Gasteiger partial charge < -0.3 is 10.0 Å². The van der Waals surface area contributed by atoms with Gasteiger partial charge in [0.05, 0.1) is 11.3 Å². The van der Waals surface area contributed by atoms with Crippen LogP contribution < -0.4 is 0 Å². The highest BCUT2D eigenvalue weighted by molar-refractivity contribution is 5.88. The predicted octanol–water partition coefficient (Wildman–Crippen LogP) is 2.45. The third kappa shape index (κ3) is 3.38. The maximum Gasteiger partial charge on any atom is 0.308 e. The number of hydrogen-bond acceptors (Lipinski definition) is 2. The van der Waals surface area contributed by atoms with Crippen LogP contribution in [-0.4, -0.2) is 35.5 Å². The van der Waals surface area contributed by atoms with E-state index in [0.717, 1.165) is 11.1 Å². The summed E-state index contributed by atoms with van der Waals surface area (Å²) in [6.45, 7) is 7.54. The number of carboxylic acids is 1. The van der Waals surface area contributed by atoms with Gasteiger partial charge in [0.15, 0.2) is 0 Å². The molecule has 1 rings (SSSR count). The highest BCUT2D eigenvalue weighted by Crippen LogP contribution is 2.28. The smallest absolute Gasteiger partial charge is 0.308 e. The molecule has 1 amide bonds. The summed E-state index contributed by atoms with van der Waals surface area (Å²) in [5.41, 5.74) is 1.36. The Morgan fingerprint density at radius 1 is 1.30 bits per heavy atom. The fourth-order valence-corrected chi connectivity index (χ4v) is 2.44. The minimum Gasteiger partial charge on any atom is -0.481 e. The zero-order chi connectivity index (χ0) is 15.5. The van der Waals surface area contributed by atoms with E-state index in [1.165, 1.54) is 4.90 Å². The summed E-state index contributed by atoms with van der Waals surface area (Å²) in [6.07, 6.45) is 0. The van der Waals surface area contributed by atoms with Crippen LogP contribution in [0.3, 0.4) is 0 Å². The van der Waals surface area contributed by atoms with Crippen molar-refractivity contribution < 1.29 is 14.7 Å². The van der Waals surface area contributed by atoms with Gasteiger partial charge >= 0.3 is 5.97 Å². The molecule has 20 heavy (non-hydrogen) atoms. The summed E-state index contributed by atoms with van der Waals surface area (Å²) in [7, 11) is 1.65.